The van der Waals surface area contributed by atoms with E-state index in [2.05, 4.69) is 6.08 Å². The molecule has 1 radical (unpaired) electrons. The highest BCUT2D eigenvalue weighted by Crippen LogP contribution is 2.56. The van der Waals surface area contributed by atoms with Gasteiger partial charge in [-0.25, -0.2) is 0 Å². The number of benzene rings is 1. The lowest BCUT2D eigenvalue weighted by Gasteiger charge is -2.44. The minimum Gasteiger partial charge on any atom is -0.504 e. The van der Waals surface area contributed by atoms with Crippen LogP contribution in [-0.2, 0) is 9.53 Å². The van der Waals surface area contributed by atoms with Crippen molar-refractivity contribution in [3.63, 3.8) is 0 Å². The fourth-order valence-corrected chi connectivity index (χ4v) is 3.88. The molecular weight excluding hydrogens is 272 g/mol. The van der Waals surface area contributed by atoms with E-state index in [9.17, 15) is 15.0 Å². The van der Waals surface area contributed by atoms with Crippen LogP contribution in [0.15, 0.2) is 24.3 Å². The zero-order valence-electron chi connectivity index (χ0n) is 11.4. The fourth-order valence-electron chi connectivity index (χ4n) is 3.88. The zero-order chi connectivity index (χ0) is 14.8. The smallest absolute Gasteiger partial charge is 0.234 e. The van der Waals surface area contributed by atoms with E-state index in [1.54, 1.807) is 24.3 Å². The van der Waals surface area contributed by atoms with Gasteiger partial charge in [0.25, 0.3) is 0 Å². The Bertz CT molecular complexity index is 652. The van der Waals surface area contributed by atoms with Crippen molar-refractivity contribution in [3.05, 3.63) is 35.9 Å². The number of aliphatic hydroxyl groups is 1. The second-order valence-corrected chi connectivity index (χ2v) is 5.83. The summed E-state index contributed by atoms with van der Waals surface area (Å²) in [5, 5.41) is 20.1. The van der Waals surface area contributed by atoms with Gasteiger partial charge in [-0.15, -0.1) is 0 Å². The second-order valence-electron chi connectivity index (χ2n) is 5.83. The average Bonchev–Trinajstić information content (AvgIpc) is 2.81. The first-order valence-corrected chi connectivity index (χ1v) is 6.93. The molecule has 4 aliphatic rings. The molecule has 109 valence electrons. The van der Waals surface area contributed by atoms with Gasteiger partial charge >= 0.3 is 0 Å². The molecule has 0 amide bonds. The molecule has 1 aromatic carbocycles. The highest BCUT2D eigenvalue weighted by Gasteiger charge is 2.65. The SMILES string of the molecule is COc1cc(C2C3C=[C]C4C2COC4(O)C3=O)ccc1O. The Morgan fingerprint density at radius 1 is 1.48 bits per heavy atom. The van der Waals surface area contributed by atoms with E-state index in [0.717, 1.165) is 5.56 Å². The average molecular weight is 287 g/mol. The van der Waals surface area contributed by atoms with Crippen molar-refractivity contribution in [3.8, 4) is 11.5 Å². The largest absolute Gasteiger partial charge is 0.504 e. The van der Waals surface area contributed by atoms with Gasteiger partial charge in [0.05, 0.1) is 19.6 Å². The van der Waals surface area contributed by atoms with Crippen LogP contribution < -0.4 is 4.74 Å². The molecule has 21 heavy (non-hydrogen) atoms. The molecule has 0 aromatic heterocycles. The van der Waals surface area contributed by atoms with Gasteiger partial charge in [-0.2, -0.15) is 0 Å². The lowest BCUT2D eigenvalue weighted by molar-refractivity contribution is -0.204. The van der Waals surface area contributed by atoms with Crippen LogP contribution >= 0.6 is 0 Å². The normalized spacial score (nSPS) is 39.8. The van der Waals surface area contributed by atoms with Crippen LogP contribution in [0.1, 0.15) is 11.5 Å². The number of phenolic OH excluding ortho intramolecular Hbond substituents is 1. The minimum atomic E-state index is -1.69. The number of methoxy groups -OCH3 is 1. The summed E-state index contributed by atoms with van der Waals surface area (Å²) in [6.45, 7) is 0.331. The van der Waals surface area contributed by atoms with Crippen molar-refractivity contribution >= 4 is 5.78 Å². The molecule has 5 heteroatoms. The summed E-state index contributed by atoms with van der Waals surface area (Å²) in [5.74, 6) is -2.48. The summed E-state index contributed by atoms with van der Waals surface area (Å²) < 4.78 is 10.5. The van der Waals surface area contributed by atoms with Crippen LogP contribution in [-0.4, -0.2) is 35.5 Å². The van der Waals surface area contributed by atoms with Gasteiger partial charge in [-0.05, 0) is 23.8 Å². The molecule has 0 spiro atoms. The molecule has 5 atom stereocenters. The van der Waals surface area contributed by atoms with Crippen molar-refractivity contribution < 1.29 is 24.5 Å². The molecule has 4 bridgehead atoms. The van der Waals surface area contributed by atoms with Crippen molar-refractivity contribution in [2.45, 2.75) is 11.7 Å². The number of carbonyl (C=O) groups excluding carboxylic acids is 1. The summed E-state index contributed by atoms with van der Waals surface area (Å²) in [5.41, 5.74) is 0.906. The molecule has 1 aliphatic heterocycles. The predicted molar refractivity (Wildman–Crippen MR) is 71.6 cm³/mol. The maximum atomic E-state index is 12.4. The quantitative estimate of drug-likeness (QED) is 0.849. The van der Waals surface area contributed by atoms with Crippen molar-refractivity contribution in [2.24, 2.45) is 17.8 Å². The maximum Gasteiger partial charge on any atom is 0.234 e. The first-order valence-electron chi connectivity index (χ1n) is 6.93. The van der Waals surface area contributed by atoms with Gasteiger partial charge in [0.1, 0.15) is 0 Å². The van der Waals surface area contributed by atoms with Gasteiger partial charge in [0.2, 0.25) is 5.79 Å². The second kappa shape index (κ2) is 4.08. The van der Waals surface area contributed by atoms with Crippen LogP contribution in [0, 0.1) is 23.8 Å². The van der Waals surface area contributed by atoms with E-state index in [-0.39, 0.29) is 23.4 Å². The number of hydrogen-bond acceptors (Lipinski definition) is 5. The van der Waals surface area contributed by atoms with E-state index >= 15 is 0 Å². The number of aromatic hydroxyl groups is 1. The third-order valence-electron chi connectivity index (χ3n) is 4.89. The number of hydrogen-bond donors (Lipinski definition) is 2. The topological polar surface area (TPSA) is 76.0 Å². The molecular formula is C16H15O5. The van der Waals surface area contributed by atoms with Gasteiger partial charge in [-0.3, -0.25) is 4.79 Å². The molecule has 1 heterocycles. The summed E-state index contributed by atoms with van der Waals surface area (Å²) in [4.78, 5) is 12.4. The van der Waals surface area contributed by atoms with E-state index in [1.165, 1.54) is 7.11 Å². The third kappa shape index (κ3) is 1.50. The molecule has 3 aliphatic carbocycles. The van der Waals surface area contributed by atoms with Crippen molar-refractivity contribution in [1.82, 2.24) is 0 Å². The van der Waals surface area contributed by atoms with Gasteiger partial charge < -0.3 is 19.7 Å². The Morgan fingerprint density at radius 3 is 3.05 bits per heavy atom. The standard InChI is InChI=1S/C16H15O5/c1-20-13-6-8(2-5-12(13)17)14-9-3-4-11-10(14)7-21-16(11,19)15(9)18/h2-3,5-6,9-11,14,17,19H,7H2,1H3. The van der Waals surface area contributed by atoms with E-state index in [0.29, 0.717) is 12.4 Å². The van der Waals surface area contributed by atoms with Crippen LogP contribution in [0.2, 0.25) is 0 Å². The first kappa shape index (κ1) is 12.9. The molecule has 1 saturated heterocycles. The molecule has 5 rings (SSSR count). The Balaban J connectivity index is 1.81. The maximum absolute atomic E-state index is 12.4. The molecule has 5 nitrogen and oxygen atoms in total. The summed E-state index contributed by atoms with van der Waals surface area (Å²) in [6.07, 6.45) is 4.84. The number of ether oxygens (including phenoxy) is 2. The molecule has 5 unspecified atom stereocenters. The van der Waals surface area contributed by atoms with Crippen LogP contribution in [0.4, 0.5) is 0 Å². The summed E-state index contributed by atoms with van der Waals surface area (Å²) >= 11 is 0. The Hall–Kier alpha value is -1.85. The number of rotatable bonds is 2. The minimum absolute atomic E-state index is 0.0111. The predicted octanol–water partition coefficient (Wildman–Crippen LogP) is 1.01. The number of ketones is 1. The summed E-state index contributed by atoms with van der Waals surface area (Å²) in [7, 11) is 1.49. The molecule has 2 fully saturated rings. The van der Waals surface area contributed by atoms with E-state index in [1.807, 2.05) is 0 Å². The van der Waals surface area contributed by atoms with Gasteiger partial charge in [0.15, 0.2) is 17.3 Å². The van der Waals surface area contributed by atoms with Crippen LogP contribution in [0.5, 0.6) is 11.5 Å². The van der Waals surface area contributed by atoms with Gasteiger partial charge in [-0.1, -0.05) is 12.1 Å². The van der Waals surface area contributed by atoms with Crippen LogP contribution in [0.25, 0.3) is 0 Å². The highest BCUT2D eigenvalue weighted by atomic mass is 16.6. The molecule has 2 N–H and O–H groups in total. The van der Waals surface area contributed by atoms with Crippen molar-refractivity contribution in [2.75, 3.05) is 13.7 Å². The Labute approximate surface area is 121 Å². The first-order chi connectivity index (χ1) is 10.1. The zero-order valence-corrected chi connectivity index (χ0v) is 11.4. The number of phenols is 1. The highest BCUT2D eigenvalue weighted by molar-refractivity contribution is 5.93. The number of allylic oxidation sites excluding steroid dienone is 1. The summed E-state index contributed by atoms with van der Waals surface area (Å²) in [6, 6.07) is 5.11. The number of Topliss-reactive ketones (excluding diaryl/α,β-unsaturated/α-hetero) is 1. The number of carbonyl (C=O) groups is 1. The third-order valence-corrected chi connectivity index (χ3v) is 4.89. The fraction of sp³-hybridized carbons (Fsp3) is 0.438. The Morgan fingerprint density at radius 2 is 2.29 bits per heavy atom. The van der Waals surface area contributed by atoms with E-state index in [4.69, 9.17) is 9.47 Å². The Kier molecular flexibility index (Phi) is 2.50. The van der Waals surface area contributed by atoms with Crippen LogP contribution in [0.3, 0.4) is 0 Å². The monoisotopic (exact) mass is 287 g/mol. The molecule has 1 aromatic rings. The van der Waals surface area contributed by atoms with Crippen molar-refractivity contribution in [1.29, 1.82) is 0 Å². The van der Waals surface area contributed by atoms with Gasteiger partial charge in [0, 0.05) is 17.8 Å². The van der Waals surface area contributed by atoms with E-state index < -0.39 is 17.6 Å². The lowest BCUT2D eigenvalue weighted by Crippen LogP contribution is -2.56. The lowest BCUT2D eigenvalue weighted by atomic mass is 9.59. The molecule has 1 saturated carbocycles.